The number of anilines is 2. The first-order valence-electron chi connectivity index (χ1n) is 12.6. The number of piperazine rings is 1. The molecular weight excluding hydrogens is 505 g/mol. The maximum atomic E-state index is 14.2. The van der Waals surface area contributed by atoms with Crippen molar-refractivity contribution in [1.82, 2.24) is 15.3 Å². The van der Waals surface area contributed by atoms with Gasteiger partial charge in [0.25, 0.3) is 5.91 Å². The molecule has 3 aromatic heterocycles. The maximum Gasteiger partial charge on any atom is 0.287 e. The van der Waals surface area contributed by atoms with E-state index in [2.05, 4.69) is 29.0 Å². The van der Waals surface area contributed by atoms with E-state index >= 15 is 0 Å². The average Bonchev–Trinajstić information content (AvgIpc) is 3.63. The number of nitrogens with zero attached hydrogens (tertiary/aromatic N) is 4. The van der Waals surface area contributed by atoms with Crippen molar-refractivity contribution in [3.05, 3.63) is 89.7 Å². The number of furan rings is 2. The molecule has 0 spiro atoms. The molecule has 1 aliphatic heterocycles. The van der Waals surface area contributed by atoms with Crippen molar-refractivity contribution in [3.8, 4) is 0 Å². The van der Waals surface area contributed by atoms with Gasteiger partial charge in [0.1, 0.15) is 23.2 Å². The Balaban J connectivity index is 1.21. The summed E-state index contributed by atoms with van der Waals surface area (Å²) in [4.78, 5) is 26.3. The first kappa shape index (κ1) is 25.8. The van der Waals surface area contributed by atoms with E-state index in [0.29, 0.717) is 47.8 Å². The number of para-hydroxylation sites is 1. The second-order valence-electron chi connectivity index (χ2n) is 9.33. The number of benzene rings is 1. The van der Waals surface area contributed by atoms with Gasteiger partial charge in [0, 0.05) is 37.9 Å². The van der Waals surface area contributed by atoms with Crippen LogP contribution >= 0.6 is 11.8 Å². The lowest BCUT2D eigenvalue weighted by atomic mass is 10.1. The van der Waals surface area contributed by atoms with Gasteiger partial charge in [-0.2, -0.15) is 0 Å². The van der Waals surface area contributed by atoms with Crippen LogP contribution in [-0.4, -0.2) is 42.1 Å². The number of rotatable bonds is 9. The van der Waals surface area contributed by atoms with E-state index in [-0.39, 0.29) is 23.4 Å². The fraction of sp³-hybridized carbons (Fsp3) is 0.321. The zero-order valence-electron chi connectivity index (χ0n) is 21.4. The topological polar surface area (TPSA) is 87.6 Å². The number of halogens is 1. The summed E-state index contributed by atoms with van der Waals surface area (Å²) < 4.78 is 25.2. The van der Waals surface area contributed by atoms with Crippen LogP contribution in [0.3, 0.4) is 0 Å². The third kappa shape index (κ3) is 6.19. The second kappa shape index (κ2) is 11.7. The fourth-order valence-corrected chi connectivity index (χ4v) is 4.97. The molecule has 0 bridgehead atoms. The third-order valence-electron chi connectivity index (χ3n) is 6.33. The van der Waals surface area contributed by atoms with Gasteiger partial charge in [0.15, 0.2) is 10.9 Å². The molecule has 4 aromatic rings. The highest BCUT2D eigenvalue weighted by atomic mass is 32.2. The van der Waals surface area contributed by atoms with Crippen molar-refractivity contribution in [2.45, 2.75) is 37.2 Å². The van der Waals surface area contributed by atoms with Crippen LogP contribution < -0.4 is 15.1 Å². The summed E-state index contributed by atoms with van der Waals surface area (Å²) >= 11 is 1.47. The van der Waals surface area contributed by atoms with Crippen molar-refractivity contribution < 1.29 is 18.0 Å². The zero-order valence-corrected chi connectivity index (χ0v) is 22.2. The molecule has 0 atom stereocenters. The summed E-state index contributed by atoms with van der Waals surface area (Å²) in [5.74, 6) is 2.70. The van der Waals surface area contributed by atoms with Crippen LogP contribution in [-0.2, 0) is 12.3 Å². The van der Waals surface area contributed by atoms with Gasteiger partial charge in [0.05, 0.1) is 24.2 Å². The summed E-state index contributed by atoms with van der Waals surface area (Å²) in [6.07, 6.45) is 1.57. The number of amides is 1. The predicted molar refractivity (Wildman–Crippen MR) is 145 cm³/mol. The number of nitrogens with one attached hydrogen (secondary N) is 1. The molecule has 1 aromatic carbocycles. The molecule has 1 N–H and O–H groups in total. The van der Waals surface area contributed by atoms with Crippen LogP contribution in [0.1, 0.15) is 47.5 Å². The molecule has 0 radical (unpaired) electrons. The molecule has 0 aliphatic carbocycles. The second-order valence-corrected chi connectivity index (χ2v) is 10.3. The van der Waals surface area contributed by atoms with Crippen LogP contribution in [0, 0.1) is 5.82 Å². The number of carbonyl (C=O) groups excluding carboxylic acids is 1. The van der Waals surface area contributed by atoms with Gasteiger partial charge in [-0.15, -0.1) is 0 Å². The Morgan fingerprint density at radius 3 is 2.55 bits per heavy atom. The van der Waals surface area contributed by atoms with Crippen LogP contribution in [0.5, 0.6) is 0 Å². The van der Waals surface area contributed by atoms with Crippen molar-refractivity contribution in [2.75, 3.05) is 36.0 Å². The van der Waals surface area contributed by atoms with Crippen LogP contribution in [0.15, 0.2) is 74.9 Å². The molecule has 8 nitrogen and oxygen atoms in total. The highest BCUT2D eigenvalue weighted by Crippen LogP contribution is 2.28. The standard InChI is InChI=1S/C28H30FN5O3S/c1-19(2)23-16-26(34-13-11-33(12-14-34)24-8-4-3-7-22(24)29)32-28(31-23)38-18-21-9-10-25(37-21)27(35)30-17-20-6-5-15-36-20/h3-10,15-16,19H,11-14,17-18H2,1-2H3,(H,30,35). The quantitative estimate of drug-likeness (QED) is 0.223. The van der Waals surface area contributed by atoms with E-state index < -0.39 is 0 Å². The van der Waals surface area contributed by atoms with Gasteiger partial charge in [-0.3, -0.25) is 4.79 Å². The Kier molecular flexibility index (Phi) is 7.97. The molecule has 1 fully saturated rings. The molecule has 1 amide bonds. The van der Waals surface area contributed by atoms with Gasteiger partial charge in [-0.25, -0.2) is 14.4 Å². The number of carbonyl (C=O) groups is 1. The van der Waals surface area contributed by atoms with Crippen molar-refractivity contribution in [1.29, 1.82) is 0 Å². The first-order chi connectivity index (χ1) is 18.5. The molecular formula is C28H30FN5O3S. The highest BCUT2D eigenvalue weighted by molar-refractivity contribution is 7.98. The number of hydrogen-bond donors (Lipinski definition) is 1. The number of aromatic nitrogens is 2. The smallest absolute Gasteiger partial charge is 0.287 e. The summed E-state index contributed by atoms with van der Waals surface area (Å²) in [7, 11) is 0. The van der Waals surface area contributed by atoms with E-state index in [1.807, 2.05) is 18.2 Å². The van der Waals surface area contributed by atoms with E-state index in [0.717, 1.165) is 24.6 Å². The summed E-state index contributed by atoms with van der Waals surface area (Å²) in [5, 5.41) is 3.44. The van der Waals surface area contributed by atoms with E-state index in [9.17, 15) is 9.18 Å². The van der Waals surface area contributed by atoms with Crippen molar-refractivity contribution >= 4 is 29.2 Å². The largest absolute Gasteiger partial charge is 0.467 e. The molecule has 0 saturated carbocycles. The van der Waals surface area contributed by atoms with Gasteiger partial charge >= 0.3 is 0 Å². The monoisotopic (exact) mass is 535 g/mol. The lowest BCUT2D eigenvalue weighted by Gasteiger charge is -2.37. The van der Waals surface area contributed by atoms with Crippen molar-refractivity contribution in [3.63, 3.8) is 0 Å². The van der Waals surface area contributed by atoms with Gasteiger partial charge in [-0.1, -0.05) is 37.7 Å². The average molecular weight is 536 g/mol. The molecule has 0 unspecified atom stereocenters. The van der Waals surface area contributed by atoms with Crippen LogP contribution in [0.2, 0.25) is 0 Å². The normalized spacial score (nSPS) is 13.8. The molecule has 10 heteroatoms. The van der Waals surface area contributed by atoms with Gasteiger partial charge in [-0.05, 0) is 42.3 Å². The lowest BCUT2D eigenvalue weighted by Crippen LogP contribution is -2.47. The summed E-state index contributed by atoms with van der Waals surface area (Å²) in [6.45, 7) is 7.41. The van der Waals surface area contributed by atoms with Gasteiger partial charge < -0.3 is 24.0 Å². The molecule has 198 valence electrons. The number of thioether (sulfide) groups is 1. The minimum absolute atomic E-state index is 0.195. The lowest BCUT2D eigenvalue weighted by molar-refractivity contribution is 0.0919. The minimum Gasteiger partial charge on any atom is -0.467 e. The third-order valence-corrected chi connectivity index (χ3v) is 7.20. The SMILES string of the molecule is CC(C)c1cc(N2CCN(c3ccccc3F)CC2)nc(SCc2ccc(C(=O)NCc3ccco3)o2)n1. The van der Waals surface area contributed by atoms with Gasteiger partial charge in [0.2, 0.25) is 0 Å². The summed E-state index contributed by atoms with van der Waals surface area (Å²) in [6, 6.07) is 16.0. The molecule has 1 aliphatic rings. The Morgan fingerprint density at radius 2 is 1.82 bits per heavy atom. The Morgan fingerprint density at radius 1 is 1.03 bits per heavy atom. The number of hydrogen-bond acceptors (Lipinski definition) is 8. The molecule has 4 heterocycles. The van der Waals surface area contributed by atoms with Crippen molar-refractivity contribution in [2.24, 2.45) is 0 Å². The maximum absolute atomic E-state index is 14.2. The fourth-order valence-electron chi connectivity index (χ4n) is 4.22. The summed E-state index contributed by atoms with van der Waals surface area (Å²) in [5.41, 5.74) is 1.60. The Hall–Kier alpha value is -3.79. The molecule has 5 rings (SSSR count). The predicted octanol–water partition coefficient (Wildman–Crippen LogP) is 5.47. The molecule has 1 saturated heterocycles. The first-order valence-corrected chi connectivity index (χ1v) is 13.6. The van der Waals surface area contributed by atoms with Crippen LogP contribution in [0.4, 0.5) is 15.9 Å². The minimum atomic E-state index is -0.299. The highest BCUT2D eigenvalue weighted by Gasteiger charge is 2.22. The Labute approximate surface area is 225 Å². The zero-order chi connectivity index (χ0) is 26.5. The van der Waals surface area contributed by atoms with E-state index in [4.69, 9.17) is 18.8 Å². The Bertz CT molecular complexity index is 1370. The van der Waals surface area contributed by atoms with Crippen LogP contribution in [0.25, 0.3) is 0 Å². The molecule has 38 heavy (non-hydrogen) atoms. The van der Waals surface area contributed by atoms with E-state index in [1.54, 1.807) is 36.6 Å². The van der Waals surface area contributed by atoms with E-state index in [1.165, 1.54) is 17.8 Å².